The first-order chi connectivity index (χ1) is 21.8. The molecule has 0 spiro atoms. The van der Waals surface area contributed by atoms with Gasteiger partial charge in [0, 0.05) is 38.5 Å². The van der Waals surface area contributed by atoms with Gasteiger partial charge in [-0.3, -0.25) is 0 Å². The van der Waals surface area contributed by atoms with E-state index in [9.17, 15) is 0 Å². The molecule has 44 heavy (non-hydrogen) atoms. The third kappa shape index (κ3) is 3.84. The molecule has 1 heterocycles. The fourth-order valence-corrected chi connectivity index (χ4v) is 9.10. The van der Waals surface area contributed by atoms with E-state index < -0.39 is 0 Å². The molecule has 214 valence electrons. The minimum atomic E-state index is 1.05. The zero-order chi connectivity index (χ0) is 29.2. The van der Waals surface area contributed by atoms with E-state index in [0.29, 0.717) is 0 Å². The molecule has 0 saturated carbocycles. The predicted molar refractivity (Wildman–Crippen MR) is 195 cm³/mol. The smallest absolute Gasteiger partial charge is 0.0440 e. The maximum atomic E-state index is 3.64. The molecule has 0 amide bonds. The molecule has 1 aliphatic carbocycles. The Bertz CT molecular complexity index is 2330. The van der Waals surface area contributed by atoms with Crippen LogP contribution in [0.2, 0.25) is 0 Å². The molecule has 0 radical (unpaired) electrons. The van der Waals surface area contributed by atoms with Crippen molar-refractivity contribution < 1.29 is 0 Å². The van der Waals surface area contributed by atoms with Crippen LogP contribution in [-0.2, 0) is 0 Å². The first kappa shape index (κ1) is 26.0. The van der Waals surface area contributed by atoms with Gasteiger partial charge in [0.05, 0.1) is 0 Å². The molecule has 1 aliphatic rings. The van der Waals surface area contributed by atoms with Gasteiger partial charge in [0.25, 0.3) is 0 Å². The highest BCUT2D eigenvalue weighted by Gasteiger charge is 2.30. The van der Waals surface area contributed by atoms with Crippen molar-refractivity contribution in [3.05, 3.63) is 103 Å². The molecule has 8 aromatic rings. The maximum absolute atomic E-state index is 3.64. The molecule has 2 heteroatoms. The van der Waals surface area contributed by atoms with Crippen LogP contribution in [-0.4, -0.2) is 6.54 Å². The van der Waals surface area contributed by atoms with Gasteiger partial charge >= 0.3 is 0 Å². The molecule has 0 aliphatic heterocycles. The lowest BCUT2D eigenvalue weighted by atomic mass is 9.85. The Morgan fingerprint density at radius 1 is 0.545 bits per heavy atom. The molecule has 0 saturated heterocycles. The molecule has 0 unspecified atom stereocenters. The minimum Gasteiger partial charge on any atom is -0.385 e. The van der Waals surface area contributed by atoms with Crippen LogP contribution in [0.3, 0.4) is 0 Å². The minimum absolute atomic E-state index is 1.05. The van der Waals surface area contributed by atoms with Gasteiger partial charge in [-0.05, 0) is 84.2 Å². The standard InChI is InChI=1S/C42H35NS/c1-2-3-4-5-6-9-24-43-28-20-18-26(19-21-28)36-25-35-33-23-22-32-29-16-10-12-27-13-11-17-34(37(27)29)38-30-14-7-8-15-31(30)41(42(35)44-36)40(33)39(32)38/h7-8,10-23,25,43H,2-6,9,24H2,1H3. The van der Waals surface area contributed by atoms with Crippen LogP contribution in [0, 0.1) is 0 Å². The van der Waals surface area contributed by atoms with Crippen molar-refractivity contribution in [1.82, 2.24) is 0 Å². The highest BCUT2D eigenvalue weighted by molar-refractivity contribution is 7.20. The van der Waals surface area contributed by atoms with Crippen LogP contribution < -0.4 is 5.32 Å². The zero-order valence-corrected chi connectivity index (χ0v) is 26.0. The Hall–Kier alpha value is -4.40. The van der Waals surface area contributed by atoms with E-state index in [4.69, 9.17) is 0 Å². The molecular weight excluding hydrogens is 551 g/mol. The quantitative estimate of drug-likeness (QED) is 0.101. The maximum Gasteiger partial charge on any atom is 0.0440 e. The predicted octanol–water partition coefficient (Wildman–Crippen LogP) is 13.0. The second kappa shape index (κ2) is 10.4. The number of hydrogen-bond donors (Lipinski definition) is 1. The van der Waals surface area contributed by atoms with E-state index in [1.54, 1.807) is 0 Å². The number of unbranched alkanes of at least 4 members (excludes halogenated alkanes) is 5. The second-order valence-electron chi connectivity index (χ2n) is 12.5. The fraction of sp³-hybridized carbons (Fsp3) is 0.190. The van der Waals surface area contributed by atoms with Gasteiger partial charge in [0.2, 0.25) is 0 Å². The summed E-state index contributed by atoms with van der Waals surface area (Å²) >= 11 is 1.95. The van der Waals surface area contributed by atoms with Gasteiger partial charge in [0.1, 0.15) is 0 Å². The largest absolute Gasteiger partial charge is 0.385 e. The lowest BCUT2D eigenvalue weighted by molar-refractivity contribution is 0.617. The summed E-state index contributed by atoms with van der Waals surface area (Å²) in [4.78, 5) is 2.76. The van der Waals surface area contributed by atoms with Gasteiger partial charge in [-0.15, -0.1) is 11.3 Å². The third-order valence-electron chi connectivity index (χ3n) is 9.91. The molecule has 9 rings (SSSR count). The highest BCUT2D eigenvalue weighted by atomic mass is 32.1. The van der Waals surface area contributed by atoms with Gasteiger partial charge in [-0.2, -0.15) is 0 Å². The topological polar surface area (TPSA) is 12.0 Å². The van der Waals surface area contributed by atoms with Crippen molar-refractivity contribution in [2.45, 2.75) is 45.4 Å². The molecule has 1 nitrogen and oxygen atoms in total. The van der Waals surface area contributed by atoms with Crippen molar-refractivity contribution in [2.75, 3.05) is 11.9 Å². The van der Waals surface area contributed by atoms with E-state index in [-0.39, 0.29) is 0 Å². The molecule has 7 aromatic carbocycles. The summed E-state index contributed by atoms with van der Waals surface area (Å²) in [5.41, 5.74) is 6.71. The van der Waals surface area contributed by atoms with E-state index in [2.05, 4.69) is 115 Å². The summed E-state index contributed by atoms with van der Waals surface area (Å²) in [6.07, 6.45) is 7.97. The van der Waals surface area contributed by atoms with Crippen LogP contribution in [0.1, 0.15) is 45.4 Å². The summed E-state index contributed by atoms with van der Waals surface area (Å²) in [6.45, 7) is 3.33. The van der Waals surface area contributed by atoms with Crippen molar-refractivity contribution in [3.63, 3.8) is 0 Å². The molecular formula is C42H35NS. The Labute approximate surface area is 262 Å². The van der Waals surface area contributed by atoms with Crippen molar-refractivity contribution >= 4 is 70.9 Å². The summed E-state index contributed by atoms with van der Waals surface area (Å²) in [6, 6.07) is 39.0. The van der Waals surface area contributed by atoms with Crippen LogP contribution >= 0.6 is 11.3 Å². The fourth-order valence-electron chi connectivity index (χ4n) is 7.86. The average molecular weight is 586 g/mol. The van der Waals surface area contributed by atoms with Crippen molar-refractivity contribution in [3.8, 4) is 32.0 Å². The van der Waals surface area contributed by atoms with E-state index >= 15 is 0 Å². The van der Waals surface area contributed by atoms with Gasteiger partial charge in [-0.25, -0.2) is 0 Å². The van der Waals surface area contributed by atoms with Crippen LogP contribution in [0.15, 0.2) is 103 Å². The Kier molecular flexibility index (Phi) is 6.13. The number of benzene rings is 7. The molecule has 1 aromatic heterocycles. The van der Waals surface area contributed by atoms with Gasteiger partial charge in [0.15, 0.2) is 0 Å². The monoisotopic (exact) mass is 585 g/mol. The zero-order valence-electron chi connectivity index (χ0n) is 25.2. The number of rotatable bonds is 9. The SMILES string of the molecule is CCCCCCCCNc1ccc(-c2cc3c(s2)-c2c4ccccc4c4c5cccc6cccc(c7ccc-3c2c74)c65)cc1. The van der Waals surface area contributed by atoms with E-state index in [1.807, 2.05) is 11.3 Å². The average Bonchev–Trinajstić information content (AvgIpc) is 3.63. The summed E-state index contributed by atoms with van der Waals surface area (Å²) < 4.78 is 0. The number of thiophene rings is 1. The number of hydrogen-bond acceptors (Lipinski definition) is 2. The summed E-state index contributed by atoms with van der Waals surface area (Å²) in [7, 11) is 0. The summed E-state index contributed by atoms with van der Waals surface area (Å²) in [5, 5.41) is 17.4. The first-order valence-electron chi connectivity index (χ1n) is 16.3. The van der Waals surface area contributed by atoms with Crippen LogP contribution in [0.4, 0.5) is 5.69 Å². The Morgan fingerprint density at radius 3 is 2.09 bits per heavy atom. The normalized spacial score (nSPS) is 12.4. The lowest BCUT2D eigenvalue weighted by Crippen LogP contribution is -2.01. The van der Waals surface area contributed by atoms with Gasteiger partial charge in [-0.1, -0.05) is 124 Å². The third-order valence-corrected chi connectivity index (χ3v) is 11.1. The molecule has 0 fully saturated rings. The first-order valence-corrected chi connectivity index (χ1v) is 17.2. The van der Waals surface area contributed by atoms with E-state index in [0.717, 1.165) is 6.54 Å². The number of nitrogens with one attached hydrogen (secondary N) is 1. The lowest BCUT2D eigenvalue weighted by Gasteiger charge is -2.18. The molecule has 1 N–H and O–H groups in total. The Balaban J connectivity index is 1.14. The van der Waals surface area contributed by atoms with E-state index in [1.165, 1.54) is 130 Å². The highest BCUT2D eigenvalue weighted by Crippen LogP contribution is 2.58. The summed E-state index contributed by atoms with van der Waals surface area (Å²) in [5.74, 6) is 0. The van der Waals surface area contributed by atoms with Crippen molar-refractivity contribution in [2.24, 2.45) is 0 Å². The molecule has 0 atom stereocenters. The number of fused-ring (bicyclic) bond motifs is 8. The second-order valence-corrected chi connectivity index (χ2v) is 13.6. The van der Waals surface area contributed by atoms with Crippen LogP contribution in [0.5, 0.6) is 0 Å². The van der Waals surface area contributed by atoms with Crippen molar-refractivity contribution in [1.29, 1.82) is 0 Å². The number of anilines is 1. The molecule has 0 bridgehead atoms. The van der Waals surface area contributed by atoms with Gasteiger partial charge < -0.3 is 5.32 Å². The van der Waals surface area contributed by atoms with Crippen LogP contribution in [0.25, 0.3) is 85.9 Å². The Morgan fingerprint density at radius 2 is 1.25 bits per heavy atom.